The number of sulfonamides is 1. The minimum atomic E-state index is -3.79. The van der Waals surface area contributed by atoms with Crippen LogP contribution in [0.15, 0.2) is 36.4 Å². The second-order valence-electron chi connectivity index (χ2n) is 11.6. The van der Waals surface area contributed by atoms with Gasteiger partial charge in [0.1, 0.15) is 12.3 Å². The van der Waals surface area contributed by atoms with Gasteiger partial charge in [0.2, 0.25) is 27.7 Å². The number of nitrogens with one attached hydrogen (secondary N) is 4. The quantitative estimate of drug-likeness (QED) is 0.253. The Morgan fingerprint density at radius 3 is 2.13 bits per heavy atom. The average Bonchev–Trinajstić information content (AvgIpc) is 2.98. The molecule has 3 rings (SSSR count). The third kappa shape index (κ3) is 9.19. The van der Waals surface area contributed by atoms with Crippen molar-refractivity contribution in [2.45, 2.75) is 52.9 Å². The van der Waals surface area contributed by atoms with Crippen molar-refractivity contribution in [3.63, 3.8) is 0 Å². The van der Waals surface area contributed by atoms with Gasteiger partial charge in [-0.15, -0.1) is 0 Å². The Bertz CT molecular complexity index is 1590. The molecule has 0 saturated carbocycles. The molecule has 0 radical (unpaired) electrons. The maximum absolute atomic E-state index is 13.7. The van der Waals surface area contributed by atoms with E-state index in [1.54, 1.807) is 19.9 Å². The van der Waals surface area contributed by atoms with Gasteiger partial charge in [-0.2, -0.15) is 0 Å². The molecule has 1 heterocycles. The predicted molar refractivity (Wildman–Crippen MR) is 175 cm³/mol. The number of benzene rings is 2. The number of nitrogens with zero attached hydrogens (tertiary/aromatic N) is 2. The summed E-state index contributed by atoms with van der Waals surface area (Å²) in [6.45, 7) is 9.64. The molecule has 0 bridgehead atoms. The number of rotatable bonds is 13. The summed E-state index contributed by atoms with van der Waals surface area (Å²) in [6.07, 6.45) is -0.189. The van der Waals surface area contributed by atoms with Crippen LogP contribution in [-0.4, -0.2) is 82.0 Å². The summed E-state index contributed by atoms with van der Waals surface area (Å²) in [5.41, 5.74) is 1.19. The first-order valence-electron chi connectivity index (χ1n) is 14.9. The Morgan fingerprint density at radius 2 is 1.54 bits per heavy atom. The number of urea groups is 1. The molecule has 0 aliphatic carbocycles. The van der Waals surface area contributed by atoms with E-state index < -0.39 is 45.7 Å². The van der Waals surface area contributed by atoms with E-state index in [0.29, 0.717) is 35.8 Å². The van der Waals surface area contributed by atoms with Crippen molar-refractivity contribution in [2.24, 2.45) is 0 Å². The van der Waals surface area contributed by atoms with Crippen LogP contribution in [0.4, 0.5) is 21.9 Å². The number of likely N-dealkylation sites (N-methyl/N-ethyl adjacent to an activating group) is 1. The van der Waals surface area contributed by atoms with Gasteiger partial charge < -0.3 is 20.7 Å². The molecule has 1 fully saturated rings. The first-order valence-corrected chi connectivity index (χ1v) is 16.5. The molecule has 46 heavy (non-hydrogen) atoms. The number of amides is 6. The lowest BCUT2D eigenvalue weighted by atomic mass is 9.84. The van der Waals surface area contributed by atoms with Crippen LogP contribution in [0.2, 0.25) is 0 Å². The van der Waals surface area contributed by atoms with Crippen LogP contribution in [-0.2, 0) is 29.8 Å². The number of hydrogen-bond donors (Lipinski definition) is 4. The van der Waals surface area contributed by atoms with E-state index in [1.807, 2.05) is 20.8 Å². The zero-order valence-electron chi connectivity index (χ0n) is 27.0. The van der Waals surface area contributed by atoms with Gasteiger partial charge in [0.25, 0.3) is 5.91 Å². The fourth-order valence-electron chi connectivity index (χ4n) is 4.76. The van der Waals surface area contributed by atoms with E-state index in [-0.39, 0.29) is 42.3 Å². The van der Waals surface area contributed by atoms with Crippen LogP contribution in [0.25, 0.3) is 0 Å². The van der Waals surface area contributed by atoms with Crippen molar-refractivity contribution in [3.8, 4) is 5.75 Å². The number of hydrogen-bond acceptors (Lipinski definition) is 8. The highest BCUT2D eigenvalue weighted by Gasteiger charge is 2.36. The van der Waals surface area contributed by atoms with Gasteiger partial charge >= 0.3 is 6.03 Å². The molecule has 6 amide bonds. The number of carbonyl (C=O) groups excluding carboxylic acids is 5. The van der Waals surface area contributed by atoms with Crippen molar-refractivity contribution < 1.29 is 37.1 Å². The normalized spacial score (nSPS) is 13.7. The molecule has 15 heteroatoms. The summed E-state index contributed by atoms with van der Waals surface area (Å²) in [7, 11) is -2.35. The highest BCUT2D eigenvalue weighted by Crippen LogP contribution is 2.39. The number of anilines is 3. The summed E-state index contributed by atoms with van der Waals surface area (Å²) in [5.74, 6) is -1.95. The average molecular weight is 659 g/mol. The van der Waals surface area contributed by atoms with Crippen molar-refractivity contribution in [1.29, 1.82) is 0 Å². The Labute approximate surface area is 269 Å². The van der Waals surface area contributed by atoms with Crippen molar-refractivity contribution in [2.75, 3.05) is 54.0 Å². The van der Waals surface area contributed by atoms with Gasteiger partial charge in [-0.3, -0.25) is 33.7 Å². The first kappa shape index (κ1) is 35.8. The lowest BCUT2D eigenvalue weighted by Gasteiger charge is -2.35. The Kier molecular flexibility index (Phi) is 11.7. The topological polar surface area (TPSA) is 183 Å². The van der Waals surface area contributed by atoms with Crippen LogP contribution >= 0.6 is 0 Å². The fourth-order valence-corrected chi connectivity index (χ4v) is 5.81. The monoisotopic (exact) mass is 658 g/mol. The number of imide groups is 1. The van der Waals surface area contributed by atoms with Crippen molar-refractivity contribution >= 4 is 56.7 Å². The van der Waals surface area contributed by atoms with E-state index in [9.17, 15) is 32.4 Å². The lowest BCUT2D eigenvalue weighted by Crippen LogP contribution is -2.55. The fraction of sp³-hybridized carbons (Fsp3) is 0.452. The van der Waals surface area contributed by atoms with Gasteiger partial charge in [0.15, 0.2) is 0 Å². The van der Waals surface area contributed by atoms with Crippen LogP contribution in [0, 0.1) is 0 Å². The smallest absolute Gasteiger partial charge is 0.331 e. The maximum Gasteiger partial charge on any atom is 0.331 e. The second kappa shape index (κ2) is 15.1. The SMILES string of the molecule is CCNC(=O)CCS(=O)(=O)Nc1ccc(NC(=O)c2cc(N3CCC(=O)N(CC(=O)NCC)C3=O)cc(C(C)(C)C)c2OC)cc1. The molecule has 2 aromatic rings. The number of methoxy groups -OCH3 is 1. The lowest BCUT2D eigenvalue weighted by molar-refractivity contribution is -0.133. The molecular formula is C31H42N6O8S. The highest BCUT2D eigenvalue weighted by atomic mass is 32.2. The molecule has 2 aromatic carbocycles. The van der Waals surface area contributed by atoms with Crippen LogP contribution in [0.1, 0.15) is 63.4 Å². The predicted octanol–water partition coefficient (Wildman–Crippen LogP) is 2.81. The zero-order valence-corrected chi connectivity index (χ0v) is 27.8. The summed E-state index contributed by atoms with van der Waals surface area (Å²) in [5, 5.41) is 7.92. The summed E-state index contributed by atoms with van der Waals surface area (Å²) in [6, 6.07) is 8.53. The van der Waals surface area contributed by atoms with E-state index in [2.05, 4.69) is 20.7 Å². The molecule has 0 spiro atoms. The van der Waals surface area contributed by atoms with E-state index in [1.165, 1.54) is 42.3 Å². The molecular weight excluding hydrogens is 616 g/mol. The second-order valence-corrected chi connectivity index (χ2v) is 13.4. The van der Waals surface area contributed by atoms with Gasteiger partial charge in [0.05, 0.1) is 18.4 Å². The molecule has 1 aliphatic heterocycles. The zero-order chi connectivity index (χ0) is 34.2. The first-order chi connectivity index (χ1) is 21.6. The van der Waals surface area contributed by atoms with Gasteiger partial charge in [0, 0.05) is 55.1 Å². The Hall–Kier alpha value is -4.66. The van der Waals surface area contributed by atoms with E-state index >= 15 is 0 Å². The van der Waals surface area contributed by atoms with Gasteiger partial charge in [-0.1, -0.05) is 20.8 Å². The van der Waals surface area contributed by atoms with Crippen LogP contribution < -0.4 is 30.3 Å². The standard InChI is InChI=1S/C31H42N6O8S/c1-7-32-25(38)14-16-46(43,44)35-21-11-9-20(10-12-21)34-29(41)23-17-22(18-24(28(23)45-6)31(3,4)5)36-15-13-27(40)37(30(36)42)19-26(39)33-8-2/h9-12,17-18,35H,7-8,13-16,19H2,1-6H3,(H,32,38)(H,33,39)(H,34,41). The third-order valence-electron chi connectivity index (χ3n) is 7.02. The summed E-state index contributed by atoms with van der Waals surface area (Å²) >= 11 is 0. The summed E-state index contributed by atoms with van der Waals surface area (Å²) in [4.78, 5) is 65.8. The molecule has 1 aliphatic rings. The minimum absolute atomic E-state index is 0.00834. The number of carbonyl (C=O) groups is 5. The van der Waals surface area contributed by atoms with E-state index in [4.69, 9.17) is 4.74 Å². The van der Waals surface area contributed by atoms with Crippen molar-refractivity contribution in [3.05, 3.63) is 47.5 Å². The summed E-state index contributed by atoms with van der Waals surface area (Å²) < 4.78 is 32.9. The van der Waals surface area contributed by atoms with Gasteiger partial charge in [-0.25, -0.2) is 13.2 Å². The molecule has 250 valence electrons. The molecule has 0 atom stereocenters. The van der Waals surface area contributed by atoms with E-state index in [0.717, 1.165) is 4.90 Å². The molecule has 0 aromatic heterocycles. The minimum Gasteiger partial charge on any atom is -0.496 e. The van der Waals surface area contributed by atoms with Crippen LogP contribution in [0.5, 0.6) is 5.75 Å². The highest BCUT2D eigenvalue weighted by molar-refractivity contribution is 7.92. The number of ether oxygens (including phenoxy) is 1. The maximum atomic E-state index is 13.7. The molecule has 4 N–H and O–H groups in total. The van der Waals surface area contributed by atoms with Gasteiger partial charge in [-0.05, 0) is 55.7 Å². The molecule has 14 nitrogen and oxygen atoms in total. The third-order valence-corrected chi connectivity index (χ3v) is 8.31. The Morgan fingerprint density at radius 1 is 0.935 bits per heavy atom. The molecule has 1 saturated heterocycles. The largest absolute Gasteiger partial charge is 0.496 e. The molecule has 0 unspecified atom stereocenters. The van der Waals surface area contributed by atoms with Crippen LogP contribution in [0.3, 0.4) is 0 Å². The Balaban J connectivity index is 1.88. The van der Waals surface area contributed by atoms with Crippen molar-refractivity contribution in [1.82, 2.24) is 15.5 Å².